The molecule has 84 valence electrons. The number of ketones is 1. The number of fused-ring (bicyclic) bond motifs is 1. The minimum atomic E-state index is 0.0760. The van der Waals surface area contributed by atoms with Gasteiger partial charge >= 0.3 is 0 Å². The number of Topliss-reactive ketones (excluding diaryl/α,β-unsaturated/α-hetero) is 1. The summed E-state index contributed by atoms with van der Waals surface area (Å²) in [5.74, 6) is 2.41. The molecule has 3 nitrogen and oxygen atoms in total. The zero-order valence-electron chi connectivity index (χ0n) is 8.66. The van der Waals surface area contributed by atoms with Crippen molar-refractivity contribution < 1.29 is 12.6 Å². The summed E-state index contributed by atoms with van der Waals surface area (Å²) in [6.07, 6.45) is 3.52. The van der Waals surface area contributed by atoms with Crippen LogP contribution in [0, 0.1) is 5.92 Å². The average molecular weight is 330 g/mol. The molecule has 0 radical (unpaired) electrons. The Kier molecular flexibility index (Phi) is 2.53. The lowest BCUT2D eigenvalue weighted by atomic mass is 10.0. The second-order valence-corrected chi connectivity index (χ2v) is 4.80. The van der Waals surface area contributed by atoms with Crippen LogP contribution >= 0.6 is 23.0 Å². The molecule has 0 unspecified atom stereocenters. The van der Waals surface area contributed by atoms with Crippen LogP contribution < -0.4 is 7.80 Å². The van der Waals surface area contributed by atoms with Crippen LogP contribution in [0.5, 0.6) is 11.5 Å². The average Bonchev–Trinajstić information content (AvgIpc) is 3.03. The molecule has 1 aliphatic heterocycles. The van der Waals surface area contributed by atoms with E-state index in [1.807, 2.05) is 29.1 Å². The third-order valence-electron chi connectivity index (χ3n) is 3.14. The van der Waals surface area contributed by atoms with Crippen molar-refractivity contribution in [3.63, 3.8) is 0 Å². The van der Waals surface area contributed by atoms with Crippen molar-refractivity contribution in [1.82, 2.24) is 0 Å². The highest BCUT2D eigenvalue weighted by Gasteiger charge is 2.30. The third kappa shape index (κ3) is 1.69. The maximum Gasteiger partial charge on any atom is 0.203 e. The molecular formula is C12H11IO3. The predicted molar refractivity (Wildman–Crippen MR) is 67.3 cm³/mol. The summed E-state index contributed by atoms with van der Waals surface area (Å²) < 4.78 is 10.8. The first-order chi connectivity index (χ1) is 7.79. The van der Waals surface area contributed by atoms with Crippen LogP contribution in [0.25, 0.3) is 0 Å². The minimum absolute atomic E-state index is 0.0760. The van der Waals surface area contributed by atoms with Crippen LogP contribution in [0.2, 0.25) is 0 Å². The lowest BCUT2D eigenvalue weighted by Crippen LogP contribution is -1.98. The Morgan fingerprint density at radius 1 is 1.44 bits per heavy atom. The number of halogens is 1. The SMILES string of the molecule is O=C1COc2c1ccc(OI)c2CC1CC1. The lowest BCUT2D eigenvalue weighted by Gasteiger charge is -2.10. The van der Waals surface area contributed by atoms with Crippen LogP contribution in [0.15, 0.2) is 12.1 Å². The van der Waals surface area contributed by atoms with Gasteiger partial charge in [-0.15, -0.1) is 0 Å². The lowest BCUT2D eigenvalue weighted by molar-refractivity contribution is 0.0961. The molecule has 0 amide bonds. The van der Waals surface area contributed by atoms with Gasteiger partial charge in [0.1, 0.15) is 11.5 Å². The number of benzene rings is 1. The van der Waals surface area contributed by atoms with Crippen LogP contribution in [0.1, 0.15) is 28.8 Å². The van der Waals surface area contributed by atoms with E-state index < -0.39 is 0 Å². The van der Waals surface area contributed by atoms with E-state index >= 15 is 0 Å². The van der Waals surface area contributed by atoms with Gasteiger partial charge in [0.2, 0.25) is 5.78 Å². The molecule has 0 N–H and O–H groups in total. The molecular weight excluding hydrogens is 319 g/mol. The number of carbonyl (C=O) groups excluding carboxylic acids is 1. The van der Waals surface area contributed by atoms with Crippen molar-refractivity contribution in [3.8, 4) is 11.5 Å². The van der Waals surface area contributed by atoms with Gasteiger partial charge in [0.25, 0.3) is 0 Å². The molecule has 0 saturated heterocycles. The van der Waals surface area contributed by atoms with Gasteiger partial charge in [0.05, 0.1) is 5.56 Å². The number of carbonyl (C=O) groups is 1. The van der Waals surface area contributed by atoms with Crippen LogP contribution in [-0.2, 0) is 6.42 Å². The van der Waals surface area contributed by atoms with Crippen molar-refractivity contribution in [2.24, 2.45) is 5.92 Å². The number of hydrogen-bond donors (Lipinski definition) is 0. The summed E-state index contributed by atoms with van der Waals surface area (Å²) in [5, 5.41) is 0. The highest BCUT2D eigenvalue weighted by molar-refractivity contribution is 14.1. The highest BCUT2D eigenvalue weighted by Crippen LogP contribution is 2.42. The zero-order valence-corrected chi connectivity index (χ0v) is 10.8. The molecule has 0 atom stereocenters. The molecule has 0 spiro atoms. The summed E-state index contributed by atoms with van der Waals surface area (Å²) in [7, 11) is 0. The molecule has 1 saturated carbocycles. The van der Waals surface area contributed by atoms with Gasteiger partial charge in [-0.05, 0) is 37.3 Å². The predicted octanol–water partition coefficient (Wildman–Crippen LogP) is 2.94. The van der Waals surface area contributed by atoms with Crippen molar-refractivity contribution in [1.29, 1.82) is 0 Å². The third-order valence-corrected chi connectivity index (χ3v) is 3.61. The summed E-state index contributed by atoms with van der Waals surface area (Å²) in [6, 6.07) is 3.67. The topological polar surface area (TPSA) is 35.5 Å². The highest BCUT2D eigenvalue weighted by atomic mass is 127. The molecule has 2 aliphatic rings. The molecule has 1 aromatic carbocycles. The van der Waals surface area contributed by atoms with Crippen LogP contribution in [0.4, 0.5) is 0 Å². The molecule has 0 bridgehead atoms. The number of ether oxygens (including phenoxy) is 1. The molecule has 0 aromatic heterocycles. The monoisotopic (exact) mass is 330 g/mol. The first kappa shape index (κ1) is 10.4. The molecule has 1 heterocycles. The van der Waals surface area contributed by atoms with E-state index in [9.17, 15) is 4.79 Å². The Morgan fingerprint density at radius 3 is 2.94 bits per heavy atom. The quantitative estimate of drug-likeness (QED) is 0.800. The number of rotatable bonds is 3. The van der Waals surface area contributed by atoms with E-state index in [0.29, 0.717) is 5.56 Å². The standard InChI is InChI=1S/C12H11IO3/c13-16-11-4-3-8-10(14)6-15-12(8)9(11)5-7-1-2-7/h3-4,7H,1-2,5-6H2. The fourth-order valence-corrected chi connectivity index (χ4v) is 2.50. The minimum Gasteiger partial charge on any atom is -0.484 e. The second kappa shape index (κ2) is 3.91. The van der Waals surface area contributed by atoms with Crippen molar-refractivity contribution in [3.05, 3.63) is 23.3 Å². The molecule has 16 heavy (non-hydrogen) atoms. The first-order valence-corrected chi connectivity index (χ1v) is 6.28. The van der Waals surface area contributed by atoms with Crippen LogP contribution in [-0.4, -0.2) is 12.4 Å². The zero-order chi connectivity index (χ0) is 11.1. The molecule has 4 heteroatoms. The summed E-state index contributed by atoms with van der Waals surface area (Å²) in [6.45, 7) is 0.178. The van der Waals surface area contributed by atoms with Gasteiger partial charge in [0.15, 0.2) is 29.6 Å². The van der Waals surface area contributed by atoms with Gasteiger partial charge in [0, 0.05) is 5.56 Å². The molecule has 1 aliphatic carbocycles. The smallest absolute Gasteiger partial charge is 0.203 e. The fraction of sp³-hybridized carbons (Fsp3) is 0.417. The van der Waals surface area contributed by atoms with Crippen molar-refractivity contribution in [2.75, 3.05) is 6.61 Å². The van der Waals surface area contributed by atoms with Crippen molar-refractivity contribution >= 4 is 28.8 Å². The molecule has 1 fully saturated rings. The summed E-state index contributed by atoms with van der Waals surface area (Å²) >= 11 is 1.88. The van der Waals surface area contributed by atoms with E-state index in [-0.39, 0.29) is 12.4 Å². The summed E-state index contributed by atoms with van der Waals surface area (Å²) in [5.41, 5.74) is 1.79. The van der Waals surface area contributed by atoms with Gasteiger partial charge < -0.3 is 7.80 Å². The van der Waals surface area contributed by atoms with Crippen molar-refractivity contribution in [2.45, 2.75) is 19.3 Å². The van der Waals surface area contributed by atoms with E-state index in [1.165, 1.54) is 12.8 Å². The van der Waals surface area contributed by atoms with Gasteiger partial charge in [-0.1, -0.05) is 0 Å². The number of hydrogen-bond acceptors (Lipinski definition) is 3. The largest absolute Gasteiger partial charge is 0.484 e. The van der Waals surface area contributed by atoms with E-state index in [4.69, 9.17) is 7.80 Å². The Morgan fingerprint density at radius 2 is 2.25 bits per heavy atom. The fourth-order valence-electron chi connectivity index (χ4n) is 2.09. The maximum atomic E-state index is 11.6. The molecule has 3 rings (SSSR count). The maximum absolute atomic E-state index is 11.6. The Labute approximate surface area is 108 Å². The van der Waals surface area contributed by atoms with E-state index in [0.717, 1.165) is 29.4 Å². The Bertz CT molecular complexity index is 452. The van der Waals surface area contributed by atoms with Gasteiger partial charge in [-0.2, -0.15) is 0 Å². The summed E-state index contributed by atoms with van der Waals surface area (Å²) in [4.78, 5) is 11.6. The Balaban J connectivity index is 2.06. The first-order valence-electron chi connectivity index (χ1n) is 5.40. The van der Waals surface area contributed by atoms with Gasteiger partial charge in [-0.25, -0.2) is 0 Å². The Hall–Kier alpha value is -0.780. The van der Waals surface area contributed by atoms with Gasteiger partial charge in [-0.3, -0.25) is 4.79 Å². The normalized spacial score (nSPS) is 18.2. The molecule has 1 aromatic rings. The van der Waals surface area contributed by atoms with Crippen LogP contribution in [0.3, 0.4) is 0 Å². The van der Waals surface area contributed by atoms with E-state index in [1.54, 1.807) is 6.07 Å². The van der Waals surface area contributed by atoms with E-state index in [2.05, 4.69) is 0 Å². The second-order valence-electron chi connectivity index (χ2n) is 4.36.